The van der Waals surface area contributed by atoms with Gasteiger partial charge >= 0.3 is 6.03 Å². The van der Waals surface area contributed by atoms with Crippen LogP contribution in [-0.2, 0) is 23.9 Å². The van der Waals surface area contributed by atoms with Crippen LogP contribution in [0.25, 0.3) is 10.9 Å². The van der Waals surface area contributed by atoms with E-state index >= 15 is 0 Å². The lowest BCUT2D eigenvalue weighted by Crippen LogP contribution is -2.40. The maximum atomic E-state index is 13.1. The summed E-state index contributed by atoms with van der Waals surface area (Å²) in [5.41, 5.74) is 2.15. The Morgan fingerprint density at radius 3 is 2.73 bits per heavy atom. The SMILES string of the molecule is Cc1cc(CN2C(=O)N[C@](C)(c3cnn(C)c3)C2=O)c2ccccc2n1. The maximum absolute atomic E-state index is 13.1. The number of benzene rings is 1. The number of nitrogens with one attached hydrogen (secondary N) is 1. The van der Waals surface area contributed by atoms with E-state index in [4.69, 9.17) is 0 Å². The molecule has 0 unspecified atom stereocenters. The van der Waals surface area contributed by atoms with Crippen molar-refractivity contribution in [3.63, 3.8) is 0 Å². The van der Waals surface area contributed by atoms with Gasteiger partial charge in [-0.1, -0.05) is 18.2 Å². The predicted octanol–water partition coefficient (Wildman–Crippen LogP) is 2.24. The molecule has 1 aliphatic heterocycles. The third-order valence-corrected chi connectivity index (χ3v) is 4.82. The standard InChI is InChI=1S/C19H19N5O2/c1-12-8-13(15-6-4-5-7-16(15)21-12)10-24-17(25)19(2,22-18(24)26)14-9-20-23(3)11-14/h4-9,11H,10H2,1-3H3,(H,22,26)/t19-/m1/s1. The van der Waals surface area contributed by atoms with Crippen molar-refractivity contribution in [2.24, 2.45) is 7.05 Å². The Kier molecular flexibility index (Phi) is 3.54. The lowest BCUT2D eigenvalue weighted by atomic mass is 9.95. The van der Waals surface area contributed by atoms with E-state index in [-0.39, 0.29) is 12.5 Å². The number of carbonyl (C=O) groups excluding carboxylic acids is 2. The summed E-state index contributed by atoms with van der Waals surface area (Å²) in [5, 5.41) is 7.86. The number of hydrogen-bond acceptors (Lipinski definition) is 4. The number of aromatic nitrogens is 3. The molecule has 0 bridgehead atoms. The maximum Gasteiger partial charge on any atom is 0.325 e. The number of nitrogens with zero attached hydrogens (tertiary/aromatic N) is 4. The molecule has 3 amide bonds. The molecule has 26 heavy (non-hydrogen) atoms. The minimum absolute atomic E-state index is 0.199. The molecule has 0 spiro atoms. The third kappa shape index (κ3) is 2.44. The van der Waals surface area contributed by atoms with E-state index in [0.717, 1.165) is 22.2 Å². The Morgan fingerprint density at radius 2 is 2.00 bits per heavy atom. The van der Waals surface area contributed by atoms with E-state index in [0.29, 0.717) is 5.56 Å². The largest absolute Gasteiger partial charge is 0.325 e. The molecule has 3 heterocycles. The normalized spacial score (nSPS) is 20.0. The molecule has 1 N–H and O–H groups in total. The van der Waals surface area contributed by atoms with Gasteiger partial charge in [0.2, 0.25) is 0 Å². The quantitative estimate of drug-likeness (QED) is 0.736. The van der Waals surface area contributed by atoms with Gasteiger partial charge in [0, 0.05) is 29.9 Å². The van der Waals surface area contributed by atoms with Crippen LogP contribution in [0.3, 0.4) is 0 Å². The van der Waals surface area contributed by atoms with Crippen LogP contribution < -0.4 is 5.32 Å². The molecule has 7 heteroatoms. The predicted molar refractivity (Wildman–Crippen MR) is 96.1 cm³/mol. The summed E-state index contributed by atoms with van der Waals surface area (Å²) in [6.07, 6.45) is 3.35. The van der Waals surface area contributed by atoms with Gasteiger partial charge in [-0.15, -0.1) is 0 Å². The molecular formula is C19H19N5O2. The van der Waals surface area contributed by atoms with Crippen molar-refractivity contribution in [2.75, 3.05) is 0 Å². The van der Waals surface area contributed by atoms with Crippen LogP contribution in [0.4, 0.5) is 4.79 Å². The molecule has 1 saturated heterocycles. The molecule has 2 aromatic heterocycles. The molecule has 0 saturated carbocycles. The number of amides is 3. The van der Waals surface area contributed by atoms with Crippen LogP contribution >= 0.6 is 0 Å². The van der Waals surface area contributed by atoms with Crippen molar-refractivity contribution in [3.8, 4) is 0 Å². The number of hydrogen-bond donors (Lipinski definition) is 1. The van der Waals surface area contributed by atoms with Gasteiger partial charge in [0.1, 0.15) is 5.54 Å². The average Bonchev–Trinajstić information content (AvgIpc) is 3.13. The number of urea groups is 1. The Bertz CT molecular complexity index is 1040. The van der Waals surface area contributed by atoms with Crippen LogP contribution in [0.2, 0.25) is 0 Å². The van der Waals surface area contributed by atoms with Crippen LogP contribution in [0.5, 0.6) is 0 Å². The number of imide groups is 1. The molecule has 4 rings (SSSR count). The topological polar surface area (TPSA) is 80.1 Å². The Morgan fingerprint density at radius 1 is 1.23 bits per heavy atom. The minimum atomic E-state index is -1.11. The van der Waals surface area contributed by atoms with E-state index < -0.39 is 11.6 Å². The highest BCUT2D eigenvalue weighted by atomic mass is 16.2. The summed E-state index contributed by atoms with van der Waals surface area (Å²) in [5.74, 6) is -0.283. The molecule has 1 aliphatic rings. The first-order valence-corrected chi connectivity index (χ1v) is 8.37. The van der Waals surface area contributed by atoms with Crippen molar-refractivity contribution in [1.82, 2.24) is 25.0 Å². The molecular weight excluding hydrogens is 330 g/mol. The van der Waals surface area contributed by atoms with Crippen molar-refractivity contribution in [3.05, 3.63) is 59.5 Å². The Hall–Kier alpha value is -3.22. The van der Waals surface area contributed by atoms with Gasteiger partial charge in [-0.25, -0.2) is 4.79 Å². The fourth-order valence-corrected chi connectivity index (χ4v) is 3.41. The number of para-hydroxylation sites is 1. The van der Waals surface area contributed by atoms with Crippen molar-refractivity contribution >= 4 is 22.8 Å². The Balaban J connectivity index is 1.72. The summed E-state index contributed by atoms with van der Waals surface area (Å²) in [4.78, 5) is 31.4. The first-order valence-electron chi connectivity index (χ1n) is 8.37. The summed E-state index contributed by atoms with van der Waals surface area (Å²) in [6, 6.07) is 9.25. The molecule has 3 aromatic rings. The van der Waals surface area contributed by atoms with Crippen LogP contribution in [-0.4, -0.2) is 31.6 Å². The van der Waals surface area contributed by atoms with Gasteiger partial charge < -0.3 is 5.32 Å². The fourth-order valence-electron chi connectivity index (χ4n) is 3.41. The molecule has 1 fully saturated rings. The second-order valence-corrected chi connectivity index (χ2v) is 6.79. The second-order valence-electron chi connectivity index (χ2n) is 6.79. The number of pyridine rings is 1. The average molecular weight is 349 g/mol. The first-order chi connectivity index (χ1) is 12.4. The zero-order valence-corrected chi connectivity index (χ0v) is 14.9. The van der Waals surface area contributed by atoms with Crippen molar-refractivity contribution in [1.29, 1.82) is 0 Å². The van der Waals surface area contributed by atoms with Crippen LogP contribution in [0, 0.1) is 6.92 Å². The highest BCUT2D eigenvalue weighted by Crippen LogP contribution is 2.30. The van der Waals surface area contributed by atoms with Gasteiger partial charge in [0.25, 0.3) is 5.91 Å². The summed E-state index contributed by atoms with van der Waals surface area (Å²) >= 11 is 0. The molecule has 1 atom stereocenters. The second kappa shape index (κ2) is 5.66. The van der Waals surface area contributed by atoms with E-state index in [1.807, 2.05) is 37.3 Å². The first kappa shape index (κ1) is 16.3. The van der Waals surface area contributed by atoms with Gasteiger partial charge in [-0.05, 0) is 31.5 Å². The number of aryl methyl sites for hydroxylation is 2. The molecule has 0 radical (unpaired) electrons. The fraction of sp³-hybridized carbons (Fsp3) is 0.263. The van der Waals surface area contributed by atoms with Crippen LogP contribution in [0.15, 0.2) is 42.7 Å². The summed E-state index contributed by atoms with van der Waals surface area (Å²) in [6.45, 7) is 3.81. The number of fused-ring (bicyclic) bond motifs is 1. The van der Waals surface area contributed by atoms with E-state index in [1.165, 1.54) is 4.90 Å². The lowest BCUT2D eigenvalue weighted by molar-refractivity contribution is -0.131. The Labute approximate surface area is 150 Å². The molecule has 7 nitrogen and oxygen atoms in total. The van der Waals surface area contributed by atoms with Crippen molar-refractivity contribution < 1.29 is 9.59 Å². The molecule has 1 aromatic carbocycles. The lowest BCUT2D eigenvalue weighted by Gasteiger charge is -2.20. The smallest absolute Gasteiger partial charge is 0.319 e. The summed E-state index contributed by atoms with van der Waals surface area (Å²) < 4.78 is 1.61. The zero-order valence-electron chi connectivity index (χ0n) is 14.9. The highest BCUT2D eigenvalue weighted by Gasteiger charge is 2.49. The molecule has 0 aliphatic carbocycles. The van der Waals surface area contributed by atoms with Crippen LogP contribution in [0.1, 0.15) is 23.7 Å². The number of carbonyl (C=O) groups is 2. The number of rotatable bonds is 3. The zero-order chi connectivity index (χ0) is 18.5. The third-order valence-electron chi connectivity index (χ3n) is 4.82. The van der Waals surface area contributed by atoms with Gasteiger partial charge in [0.05, 0.1) is 18.3 Å². The highest BCUT2D eigenvalue weighted by molar-refractivity contribution is 6.07. The van der Waals surface area contributed by atoms with E-state index in [9.17, 15) is 9.59 Å². The van der Waals surface area contributed by atoms with Gasteiger partial charge in [0.15, 0.2) is 0 Å². The van der Waals surface area contributed by atoms with E-state index in [1.54, 1.807) is 31.0 Å². The van der Waals surface area contributed by atoms with Gasteiger partial charge in [-0.2, -0.15) is 5.10 Å². The molecule has 132 valence electrons. The summed E-state index contributed by atoms with van der Waals surface area (Å²) in [7, 11) is 1.78. The minimum Gasteiger partial charge on any atom is -0.319 e. The van der Waals surface area contributed by atoms with E-state index in [2.05, 4.69) is 15.4 Å². The van der Waals surface area contributed by atoms with Gasteiger partial charge in [-0.3, -0.25) is 19.4 Å². The van der Waals surface area contributed by atoms with Crippen molar-refractivity contribution in [2.45, 2.75) is 25.9 Å². The monoisotopic (exact) mass is 349 g/mol.